The molecule has 25 heavy (non-hydrogen) atoms. The quantitative estimate of drug-likeness (QED) is 0.413. The molecule has 0 saturated heterocycles. The van der Waals surface area contributed by atoms with Gasteiger partial charge < -0.3 is 5.73 Å². The lowest BCUT2D eigenvalue weighted by Crippen LogP contribution is -2.00. The lowest BCUT2D eigenvalue weighted by atomic mass is 10.0. The Morgan fingerprint density at radius 3 is 2.28 bits per heavy atom. The number of anilines is 1. The number of nitrogens with zero attached hydrogens (tertiary/aromatic N) is 2. The number of fused-ring (bicyclic) bond motifs is 1. The topological polar surface area (TPSA) is 116 Å². The molecule has 1 aromatic heterocycles. The van der Waals surface area contributed by atoms with E-state index in [1.807, 2.05) is 0 Å². The van der Waals surface area contributed by atoms with Gasteiger partial charge in [-0.1, -0.05) is 18.2 Å². The Bertz CT molecular complexity index is 1110. The second-order valence-electron chi connectivity index (χ2n) is 5.48. The van der Waals surface area contributed by atoms with E-state index >= 15 is 0 Å². The zero-order valence-corrected chi connectivity index (χ0v) is 14.7. The first-order valence-electron chi connectivity index (χ1n) is 7.05. The summed E-state index contributed by atoms with van der Waals surface area (Å²) in [6.07, 6.45) is 1.14. The van der Waals surface area contributed by atoms with Gasteiger partial charge in [-0.3, -0.25) is 10.1 Å². The highest BCUT2D eigenvalue weighted by Gasteiger charge is 2.21. The van der Waals surface area contributed by atoms with Crippen LogP contribution in [0.3, 0.4) is 0 Å². The highest BCUT2D eigenvalue weighted by Crippen LogP contribution is 2.36. The highest BCUT2D eigenvalue weighted by atomic mass is 32.2. The average Bonchev–Trinajstić information content (AvgIpc) is 2.53. The second-order valence-corrected chi connectivity index (χ2v) is 7.92. The van der Waals surface area contributed by atoms with E-state index in [1.54, 1.807) is 30.3 Å². The molecule has 3 aromatic rings. The number of nitrogen functional groups attached to an aromatic ring is 1. The monoisotopic (exact) mass is 375 g/mol. The summed E-state index contributed by atoms with van der Waals surface area (Å²) in [5, 5.41) is 11.6. The number of pyridine rings is 1. The van der Waals surface area contributed by atoms with Gasteiger partial charge >= 0.3 is 5.69 Å². The number of aromatic nitrogens is 1. The van der Waals surface area contributed by atoms with Crippen molar-refractivity contribution >= 4 is 44.7 Å². The van der Waals surface area contributed by atoms with Gasteiger partial charge in [-0.15, -0.1) is 12.6 Å². The molecular weight excluding hydrogens is 362 g/mol. The molecule has 0 spiro atoms. The standard InChI is InChI=1S/C16H13N3O4S2/c1-25(22,23)11-5-2-9(3-6-11)10-4-7-13-12(8-10)14(17)15(19(20)21)16(24)18-13/h2-8H,1H3,(H3,17,18,24). The van der Waals surface area contributed by atoms with Crippen molar-refractivity contribution < 1.29 is 13.3 Å². The Morgan fingerprint density at radius 2 is 1.72 bits per heavy atom. The van der Waals surface area contributed by atoms with Gasteiger partial charge in [0.2, 0.25) is 0 Å². The lowest BCUT2D eigenvalue weighted by molar-refractivity contribution is -0.387. The number of nitro groups is 1. The number of benzene rings is 2. The Hall–Kier alpha value is -2.65. The molecule has 0 unspecified atom stereocenters. The summed E-state index contributed by atoms with van der Waals surface area (Å²) in [5.41, 5.74) is 7.59. The van der Waals surface area contributed by atoms with E-state index in [4.69, 9.17) is 5.73 Å². The van der Waals surface area contributed by atoms with Gasteiger partial charge in [0.15, 0.2) is 14.9 Å². The van der Waals surface area contributed by atoms with E-state index in [0.717, 1.165) is 17.4 Å². The van der Waals surface area contributed by atoms with E-state index < -0.39 is 14.8 Å². The highest BCUT2D eigenvalue weighted by molar-refractivity contribution is 7.90. The fraction of sp³-hybridized carbons (Fsp3) is 0.0625. The molecule has 0 bridgehead atoms. The van der Waals surface area contributed by atoms with Crippen LogP contribution in [0.1, 0.15) is 0 Å². The SMILES string of the molecule is CS(=O)(=O)c1ccc(-c2ccc3nc(S)c([N+](=O)[O-])c(N)c3c2)cc1. The molecule has 2 aromatic carbocycles. The molecule has 0 saturated carbocycles. The van der Waals surface area contributed by atoms with Gasteiger partial charge in [0.05, 0.1) is 15.3 Å². The zero-order chi connectivity index (χ0) is 18.4. The van der Waals surface area contributed by atoms with Crippen molar-refractivity contribution in [1.82, 2.24) is 4.98 Å². The third-order valence-electron chi connectivity index (χ3n) is 3.78. The molecule has 128 valence electrons. The summed E-state index contributed by atoms with van der Waals surface area (Å²) in [6, 6.07) is 11.5. The van der Waals surface area contributed by atoms with Crippen LogP contribution in [-0.2, 0) is 9.84 Å². The fourth-order valence-electron chi connectivity index (χ4n) is 2.52. The molecule has 0 atom stereocenters. The van der Waals surface area contributed by atoms with Crippen molar-refractivity contribution in [2.24, 2.45) is 0 Å². The Morgan fingerprint density at radius 1 is 1.12 bits per heavy atom. The zero-order valence-electron chi connectivity index (χ0n) is 13.0. The fourth-order valence-corrected chi connectivity index (χ4v) is 3.46. The first kappa shape index (κ1) is 17.2. The molecule has 0 aliphatic rings. The maximum atomic E-state index is 11.5. The van der Waals surface area contributed by atoms with Crippen LogP contribution < -0.4 is 5.73 Å². The van der Waals surface area contributed by atoms with E-state index in [9.17, 15) is 18.5 Å². The van der Waals surface area contributed by atoms with Crippen molar-refractivity contribution in [2.45, 2.75) is 9.92 Å². The third-order valence-corrected chi connectivity index (χ3v) is 5.22. The van der Waals surface area contributed by atoms with Crippen LogP contribution in [0.4, 0.5) is 11.4 Å². The molecule has 7 nitrogen and oxygen atoms in total. The third kappa shape index (κ3) is 3.15. The maximum absolute atomic E-state index is 11.5. The largest absolute Gasteiger partial charge is 0.393 e. The average molecular weight is 375 g/mol. The Labute approximate surface area is 149 Å². The summed E-state index contributed by atoms with van der Waals surface area (Å²) >= 11 is 4.03. The van der Waals surface area contributed by atoms with Crippen molar-refractivity contribution in [3.8, 4) is 11.1 Å². The Kier molecular flexibility index (Phi) is 4.13. The van der Waals surface area contributed by atoms with Gasteiger partial charge in [-0.2, -0.15) is 0 Å². The van der Waals surface area contributed by atoms with Crippen LogP contribution in [-0.4, -0.2) is 24.6 Å². The summed E-state index contributed by atoms with van der Waals surface area (Å²) in [7, 11) is -3.28. The summed E-state index contributed by atoms with van der Waals surface area (Å²) in [5.74, 6) is 0. The number of nitrogens with two attached hydrogens (primary N) is 1. The molecular formula is C16H13N3O4S2. The lowest BCUT2D eigenvalue weighted by Gasteiger charge is -2.08. The van der Waals surface area contributed by atoms with Crippen molar-refractivity contribution in [3.63, 3.8) is 0 Å². The first-order valence-corrected chi connectivity index (χ1v) is 9.39. The normalized spacial score (nSPS) is 11.6. The van der Waals surface area contributed by atoms with Gasteiger partial charge in [-0.05, 0) is 35.4 Å². The molecule has 1 heterocycles. The van der Waals surface area contributed by atoms with Crippen LogP contribution in [0.2, 0.25) is 0 Å². The van der Waals surface area contributed by atoms with Gasteiger partial charge in [0.1, 0.15) is 5.69 Å². The smallest absolute Gasteiger partial charge is 0.324 e. The summed E-state index contributed by atoms with van der Waals surface area (Å²) in [6.45, 7) is 0. The van der Waals surface area contributed by atoms with Crippen molar-refractivity contribution in [2.75, 3.05) is 12.0 Å². The predicted molar refractivity (Wildman–Crippen MR) is 98.6 cm³/mol. The Balaban J connectivity index is 2.17. The number of sulfone groups is 1. The van der Waals surface area contributed by atoms with Crippen molar-refractivity contribution in [3.05, 3.63) is 52.6 Å². The van der Waals surface area contributed by atoms with Crippen LogP contribution in [0, 0.1) is 10.1 Å². The van der Waals surface area contributed by atoms with Gasteiger partial charge in [-0.25, -0.2) is 13.4 Å². The number of thiol groups is 1. The minimum Gasteiger partial charge on any atom is -0.393 e. The number of hydrogen-bond donors (Lipinski definition) is 2. The van der Waals surface area contributed by atoms with E-state index in [0.29, 0.717) is 10.9 Å². The molecule has 0 radical (unpaired) electrons. The molecule has 9 heteroatoms. The van der Waals surface area contributed by atoms with E-state index in [-0.39, 0.29) is 21.3 Å². The second kappa shape index (κ2) is 6.01. The van der Waals surface area contributed by atoms with Crippen LogP contribution in [0.5, 0.6) is 0 Å². The van der Waals surface area contributed by atoms with Gasteiger partial charge in [0.25, 0.3) is 0 Å². The van der Waals surface area contributed by atoms with Crippen LogP contribution in [0.25, 0.3) is 22.0 Å². The minimum absolute atomic E-state index is 0.00499. The maximum Gasteiger partial charge on any atom is 0.324 e. The molecule has 0 aliphatic heterocycles. The summed E-state index contributed by atoms with van der Waals surface area (Å²) in [4.78, 5) is 14.9. The van der Waals surface area contributed by atoms with E-state index in [2.05, 4.69) is 17.6 Å². The van der Waals surface area contributed by atoms with Crippen LogP contribution in [0.15, 0.2) is 52.4 Å². The first-order chi connectivity index (χ1) is 11.7. The van der Waals surface area contributed by atoms with Gasteiger partial charge in [0, 0.05) is 11.6 Å². The minimum atomic E-state index is -3.28. The molecule has 3 rings (SSSR count). The number of rotatable bonds is 3. The molecule has 0 amide bonds. The summed E-state index contributed by atoms with van der Waals surface area (Å²) < 4.78 is 23.1. The van der Waals surface area contributed by atoms with Crippen molar-refractivity contribution in [1.29, 1.82) is 0 Å². The predicted octanol–water partition coefficient (Wildman–Crippen LogP) is 3.08. The number of hydrogen-bond acceptors (Lipinski definition) is 7. The molecule has 2 N–H and O–H groups in total. The van der Waals surface area contributed by atoms with E-state index in [1.165, 1.54) is 12.1 Å². The van der Waals surface area contributed by atoms with Crippen LogP contribution >= 0.6 is 12.6 Å². The molecule has 0 fully saturated rings. The molecule has 0 aliphatic carbocycles.